The van der Waals surface area contributed by atoms with Gasteiger partial charge in [-0.1, -0.05) is 13.8 Å². The van der Waals surface area contributed by atoms with Crippen molar-refractivity contribution in [3.8, 4) is 0 Å². The van der Waals surface area contributed by atoms with Gasteiger partial charge in [0.05, 0.1) is 0 Å². The summed E-state index contributed by atoms with van der Waals surface area (Å²) in [5.74, 6) is -3.44. The minimum Gasteiger partial charge on any atom is -0.396 e. The SMILES string of the molecule is CC(C)(CCO)CNC(=O)Nc1c(F)cc(F)cc1F. The highest BCUT2D eigenvalue weighted by atomic mass is 19.1. The Morgan fingerprint density at radius 3 is 2.30 bits per heavy atom. The van der Waals surface area contributed by atoms with E-state index in [9.17, 15) is 18.0 Å². The molecule has 0 aliphatic heterocycles. The zero-order valence-corrected chi connectivity index (χ0v) is 11.3. The van der Waals surface area contributed by atoms with Crippen LogP contribution in [-0.2, 0) is 0 Å². The number of anilines is 1. The van der Waals surface area contributed by atoms with Crippen LogP contribution in [0.1, 0.15) is 20.3 Å². The molecule has 0 heterocycles. The van der Waals surface area contributed by atoms with Crippen molar-refractivity contribution in [2.75, 3.05) is 18.5 Å². The molecule has 4 nitrogen and oxygen atoms in total. The third-order valence-corrected chi connectivity index (χ3v) is 2.76. The second kappa shape index (κ2) is 6.60. The minimum atomic E-state index is -1.19. The van der Waals surface area contributed by atoms with Crippen molar-refractivity contribution in [1.29, 1.82) is 0 Å². The van der Waals surface area contributed by atoms with Gasteiger partial charge in [0.1, 0.15) is 11.5 Å². The molecule has 1 aromatic rings. The normalized spacial score (nSPS) is 11.3. The fraction of sp³-hybridized carbons (Fsp3) is 0.462. The van der Waals surface area contributed by atoms with Crippen molar-refractivity contribution in [1.82, 2.24) is 5.32 Å². The highest BCUT2D eigenvalue weighted by Gasteiger charge is 2.19. The Kier molecular flexibility index (Phi) is 5.38. The molecule has 112 valence electrons. The number of aliphatic hydroxyl groups is 1. The van der Waals surface area contributed by atoms with Gasteiger partial charge in [0, 0.05) is 25.3 Å². The molecule has 0 fully saturated rings. The van der Waals surface area contributed by atoms with Gasteiger partial charge < -0.3 is 15.7 Å². The fourth-order valence-corrected chi connectivity index (χ4v) is 1.53. The molecule has 20 heavy (non-hydrogen) atoms. The van der Waals surface area contributed by atoms with Gasteiger partial charge in [-0.15, -0.1) is 0 Å². The molecule has 2 amide bonds. The zero-order valence-electron chi connectivity index (χ0n) is 11.3. The van der Waals surface area contributed by atoms with Gasteiger partial charge in [-0.2, -0.15) is 0 Å². The smallest absolute Gasteiger partial charge is 0.319 e. The van der Waals surface area contributed by atoms with Crippen LogP contribution in [0.15, 0.2) is 12.1 Å². The number of amides is 2. The topological polar surface area (TPSA) is 61.4 Å². The van der Waals surface area contributed by atoms with Crippen molar-refractivity contribution in [2.24, 2.45) is 5.41 Å². The van der Waals surface area contributed by atoms with E-state index in [1.54, 1.807) is 0 Å². The van der Waals surface area contributed by atoms with Gasteiger partial charge in [-0.25, -0.2) is 18.0 Å². The van der Waals surface area contributed by atoms with Crippen LogP contribution in [0.5, 0.6) is 0 Å². The van der Waals surface area contributed by atoms with Crippen LogP contribution in [0.2, 0.25) is 0 Å². The first-order chi connectivity index (χ1) is 9.25. The quantitative estimate of drug-likeness (QED) is 0.780. The summed E-state index contributed by atoms with van der Waals surface area (Å²) >= 11 is 0. The van der Waals surface area contributed by atoms with E-state index in [0.29, 0.717) is 18.6 Å². The molecule has 0 aliphatic rings. The highest BCUT2D eigenvalue weighted by molar-refractivity contribution is 5.89. The van der Waals surface area contributed by atoms with Crippen LogP contribution in [0.3, 0.4) is 0 Å². The van der Waals surface area contributed by atoms with E-state index in [2.05, 4.69) is 5.32 Å². The lowest BCUT2D eigenvalue weighted by molar-refractivity contribution is 0.204. The summed E-state index contributed by atoms with van der Waals surface area (Å²) in [4.78, 5) is 11.5. The number of hydrogen-bond acceptors (Lipinski definition) is 2. The summed E-state index contributed by atoms with van der Waals surface area (Å²) in [7, 11) is 0. The molecule has 0 aliphatic carbocycles. The molecule has 0 saturated heterocycles. The van der Waals surface area contributed by atoms with Gasteiger partial charge in [0.2, 0.25) is 0 Å². The molecule has 1 rings (SSSR count). The van der Waals surface area contributed by atoms with Crippen molar-refractivity contribution in [3.63, 3.8) is 0 Å². The molecule has 0 aromatic heterocycles. The number of benzene rings is 1. The molecule has 0 spiro atoms. The summed E-state index contributed by atoms with van der Waals surface area (Å²) in [6, 6.07) is 0.156. The van der Waals surface area contributed by atoms with Crippen LogP contribution in [0, 0.1) is 22.9 Å². The lowest BCUT2D eigenvalue weighted by atomic mass is 9.90. The van der Waals surface area contributed by atoms with Gasteiger partial charge in [0.15, 0.2) is 11.6 Å². The van der Waals surface area contributed by atoms with E-state index in [4.69, 9.17) is 5.11 Å². The largest absolute Gasteiger partial charge is 0.396 e. The molecule has 0 saturated carbocycles. The van der Waals surface area contributed by atoms with E-state index >= 15 is 0 Å². The Morgan fingerprint density at radius 2 is 1.80 bits per heavy atom. The number of aliphatic hydroxyl groups excluding tert-OH is 1. The third-order valence-electron chi connectivity index (χ3n) is 2.76. The van der Waals surface area contributed by atoms with E-state index in [1.807, 2.05) is 19.2 Å². The average Bonchev–Trinajstić information content (AvgIpc) is 2.31. The summed E-state index contributed by atoms with van der Waals surface area (Å²) in [6.07, 6.45) is 0.465. The fourth-order valence-electron chi connectivity index (χ4n) is 1.53. The van der Waals surface area contributed by atoms with E-state index in [0.717, 1.165) is 0 Å². The molecule has 0 atom stereocenters. The van der Waals surface area contributed by atoms with Crippen LogP contribution < -0.4 is 10.6 Å². The lowest BCUT2D eigenvalue weighted by Gasteiger charge is -2.23. The highest BCUT2D eigenvalue weighted by Crippen LogP contribution is 2.21. The molecule has 0 unspecified atom stereocenters. The van der Waals surface area contributed by atoms with Gasteiger partial charge in [-0.05, 0) is 11.8 Å². The Hall–Kier alpha value is -1.76. The molecule has 0 radical (unpaired) electrons. The molecule has 3 N–H and O–H groups in total. The maximum atomic E-state index is 13.3. The Bertz CT molecular complexity index is 469. The number of nitrogens with one attached hydrogen (secondary N) is 2. The van der Waals surface area contributed by atoms with Gasteiger partial charge >= 0.3 is 6.03 Å². The second-order valence-corrected chi connectivity index (χ2v) is 5.19. The zero-order chi connectivity index (χ0) is 15.3. The van der Waals surface area contributed by atoms with Crippen LogP contribution in [-0.4, -0.2) is 24.3 Å². The third kappa shape index (κ3) is 4.73. The minimum absolute atomic E-state index is 0.0302. The van der Waals surface area contributed by atoms with Gasteiger partial charge in [0.25, 0.3) is 0 Å². The second-order valence-electron chi connectivity index (χ2n) is 5.19. The number of carbonyl (C=O) groups is 1. The summed E-state index contributed by atoms with van der Waals surface area (Å²) in [5.41, 5.74) is -1.06. The first kappa shape index (κ1) is 16.3. The van der Waals surface area contributed by atoms with E-state index in [1.165, 1.54) is 0 Å². The van der Waals surface area contributed by atoms with Crippen molar-refractivity contribution >= 4 is 11.7 Å². The number of rotatable bonds is 5. The Balaban J connectivity index is 2.64. The Labute approximate surface area is 115 Å². The lowest BCUT2D eigenvalue weighted by Crippen LogP contribution is -2.37. The molecule has 0 bridgehead atoms. The number of hydrogen-bond donors (Lipinski definition) is 3. The maximum absolute atomic E-state index is 13.3. The monoisotopic (exact) mass is 290 g/mol. The first-order valence-electron chi connectivity index (χ1n) is 6.05. The van der Waals surface area contributed by atoms with Crippen molar-refractivity contribution < 1.29 is 23.1 Å². The van der Waals surface area contributed by atoms with Crippen LogP contribution in [0.25, 0.3) is 0 Å². The maximum Gasteiger partial charge on any atom is 0.319 e. The summed E-state index contributed by atoms with van der Waals surface area (Å²) in [6.45, 7) is 3.83. The van der Waals surface area contributed by atoms with Crippen LogP contribution in [0.4, 0.5) is 23.7 Å². The molecule has 1 aromatic carbocycles. The molecular formula is C13H17F3N2O2. The van der Waals surface area contributed by atoms with Crippen molar-refractivity contribution in [3.05, 3.63) is 29.6 Å². The van der Waals surface area contributed by atoms with Crippen molar-refractivity contribution in [2.45, 2.75) is 20.3 Å². The Morgan fingerprint density at radius 1 is 1.25 bits per heavy atom. The van der Waals surface area contributed by atoms with Crippen LogP contribution >= 0.6 is 0 Å². The predicted molar refractivity (Wildman–Crippen MR) is 68.8 cm³/mol. The first-order valence-corrected chi connectivity index (χ1v) is 6.05. The number of urea groups is 1. The summed E-state index contributed by atoms with van der Waals surface area (Å²) in [5, 5.41) is 13.3. The number of carbonyl (C=O) groups excluding carboxylic acids is 1. The number of halogens is 3. The average molecular weight is 290 g/mol. The van der Waals surface area contributed by atoms with E-state index in [-0.39, 0.29) is 18.6 Å². The van der Waals surface area contributed by atoms with E-state index < -0.39 is 29.2 Å². The van der Waals surface area contributed by atoms with Gasteiger partial charge in [-0.3, -0.25) is 0 Å². The standard InChI is InChI=1S/C13H17F3N2O2/c1-13(2,3-4-19)7-17-12(20)18-11-9(15)5-8(14)6-10(11)16/h5-6,19H,3-4,7H2,1-2H3,(H2,17,18,20). The summed E-state index contributed by atoms with van der Waals surface area (Å²) < 4.78 is 39.3. The predicted octanol–water partition coefficient (Wildman–Crippen LogP) is 2.63. The molecule has 7 heteroatoms. The molecular weight excluding hydrogens is 273 g/mol.